The molecule has 2 atom stereocenters. The van der Waals surface area contributed by atoms with E-state index >= 15 is 0 Å². The van der Waals surface area contributed by atoms with E-state index in [2.05, 4.69) is 15.9 Å². The number of ketones is 1. The van der Waals surface area contributed by atoms with Crippen LogP contribution in [0.15, 0.2) is 18.2 Å². The topological polar surface area (TPSA) is 61.8 Å². The molecule has 0 spiro atoms. The number of ether oxygens (including phenoxy) is 3. The maximum atomic E-state index is 13.0. The summed E-state index contributed by atoms with van der Waals surface area (Å²) in [6, 6.07) is 5.00. The summed E-state index contributed by atoms with van der Waals surface area (Å²) in [5.41, 5.74) is -0.0220. The molecule has 4 aliphatic rings. The van der Waals surface area contributed by atoms with Crippen molar-refractivity contribution in [1.82, 2.24) is 0 Å². The zero-order chi connectivity index (χ0) is 19.2. The van der Waals surface area contributed by atoms with E-state index < -0.39 is 5.41 Å². The van der Waals surface area contributed by atoms with Crippen molar-refractivity contribution in [2.45, 2.75) is 42.8 Å². The highest BCUT2D eigenvalue weighted by Crippen LogP contribution is 2.64. The maximum absolute atomic E-state index is 13.0. The molecule has 6 heteroatoms. The average molecular weight is 437 g/mol. The van der Waals surface area contributed by atoms with Gasteiger partial charge in [0.1, 0.15) is 11.5 Å². The number of rotatable bonds is 6. The summed E-state index contributed by atoms with van der Waals surface area (Å²) in [4.78, 5) is 25.6. The first-order valence-electron chi connectivity index (χ1n) is 9.48. The van der Waals surface area contributed by atoms with Gasteiger partial charge in [-0.1, -0.05) is 15.9 Å². The molecule has 0 aliphatic heterocycles. The van der Waals surface area contributed by atoms with Crippen LogP contribution in [0.2, 0.25) is 0 Å². The Morgan fingerprint density at radius 1 is 1.11 bits per heavy atom. The summed E-state index contributed by atoms with van der Waals surface area (Å²) < 4.78 is 16.1. The largest absolute Gasteiger partial charge is 0.497 e. The Kier molecular flexibility index (Phi) is 4.73. The minimum Gasteiger partial charge on any atom is -0.497 e. The number of hydrogen-bond acceptors (Lipinski definition) is 5. The van der Waals surface area contributed by atoms with Gasteiger partial charge in [0.2, 0.25) is 5.78 Å². The normalized spacial score (nSPS) is 33.6. The van der Waals surface area contributed by atoms with E-state index in [1.165, 1.54) is 13.5 Å². The van der Waals surface area contributed by atoms with E-state index in [1.807, 2.05) is 0 Å². The summed E-state index contributed by atoms with van der Waals surface area (Å²) in [7, 11) is 3.06. The van der Waals surface area contributed by atoms with Gasteiger partial charge in [-0.25, -0.2) is 0 Å². The minimum atomic E-state index is -0.419. The lowest BCUT2D eigenvalue weighted by Gasteiger charge is -2.58. The van der Waals surface area contributed by atoms with Crippen molar-refractivity contribution in [2.24, 2.45) is 17.3 Å². The Morgan fingerprint density at radius 3 is 2.41 bits per heavy atom. The monoisotopic (exact) mass is 436 g/mol. The molecule has 0 aromatic heterocycles. The number of carbonyl (C=O) groups excluding carboxylic acids is 2. The number of hydrogen-bond donors (Lipinski definition) is 0. The van der Waals surface area contributed by atoms with Gasteiger partial charge in [-0.15, -0.1) is 0 Å². The molecule has 4 saturated carbocycles. The molecule has 1 aromatic carbocycles. The Morgan fingerprint density at radius 2 is 1.81 bits per heavy atom. The molecule has 0 N–H and O–H groups in total. The summed E-state index contributed by atoms with van der Waals surface area (Å²) in [5.74, 6) is 1.75. The van der Waals surface area contributed by atoms with E-state index in [4.69, 9.17) is 14.2 Å². The molecule has 4 fully saturated rings. The van der Waals surface area contributed by atoms with Gasteiger partial charge in [0.25, 0.3) is 0 Å². The van der Waals surface area contributed by atoms with Gasteiger partial charge in [0, 0.05) is 10.4 Å². The van der Waals surface area contributed by atoms with Crippen LogP contribution in [0.1, 0.15) is 48.9 Å². The zero-order valence-corrected chi connectivity index (χ0v) is 17.3. The summed E-state index contributed by atoms with van der Waals surface area (Å²) in [5, 5.41) is 0. The third-order valence-corrected chi connectivity index (χ3v) is 7.39. The zero-order valence-electron chi connectivity index (χ0n) is 15.8. The minimum absolute atomic E-state index is 0.0827. The van der Waals surface area contributed by atoms with E-state index in [0.717, 1.165) is 32.1 Å². The van der Waals surface area contributed by atoms with Crippen molar-refractivity contribution in [3.63, 3.8) is 0 Å². The fraction of sp³-hybridized carbons (Fsp3) is 0.619. The first-order chi connectivity index (χ1) is 12.9. The third kappa shape index (κ3) is 3.37. The van der Waals surface area contributed by atoms with Crippen LogP contribution < -0.4 is 9.47 Å². The van der Waals surface area contributed by atoms with Crippen LogP contribution in [0.25, 0.3) is 0 Å². The van der Waals surface area contributed by atoms with Gasteiger partial charge in [0.15, 0.2) is 6.61 Å². The standard InChI is InChI=1S/C21H25BrO5/c1-25-15-3-4-16(18(6-15)26-2)17(23)11-27-19(24)20-7-13-5-14(8-20)10-21(22,9-13)12-20/h3-4,6,13-14H,5,7-12H2,1-2H3. The molecule has 0 heterocycles. The van der Waals surface area contributed by atoms with E-state index in [9.17, 15) is 9.59 Å². The highest BCUT2D eigenvalue weighted by molar-refractivity contribution is 9.10. The van der Waals surface area contributed by atoms with Crippen LogP contribution in [-0.4, -0.2) is 36.9 Å². The van der Waals surface area contributed by atoms with Crippen molar-refractivity contribution in [2.75, 3.05) is 20.8 Å². The molecule has 146 valence electrons. The number of halogens is 1. The van der Waals surface area contributed by atoms with Crippen LogP contribution in [-0.2, 0) is 9.53 Å². The highest BCUT2D eigenvalue weighted by atomic mass is 79.9. The van der Waals surface area contributed by atoms with E-state index in [0.29, 0.717) is 28.9 Å². The molecular formula is C21H25BrO5. The first-order valence-corrected chi connectivity index (χ1v) is 10.3. The second-order valence-corrected chi connectivity index (χ2v) is 10.1. The smallest absolute Gasteiger partial charge is 0.312 e. The Balaban J connectivity index is 1.45. The van der Waals surface area contributed by atoms with Gasteiger partial charge >= 0.3 is 5.97 Å². The molecule has 4 bridgehead atoms. The molecule has 0 radical (unpaired) electrons. The van der Waals surface area contributed by atoms with Crippen molar-refractivity contribution < 1.29 is 23.8 Å². The lowest BCUT2D eigenvalue weighted by Crippen LogP contribution is -2.56. The van der Waals surface area contributed by atoms with Crippen molar-refractivity contribution in [3.8, 4) is 11.5 Å². The third-order valence-electron chi connectivity index (χ3n) is 6.47. The second kappa shape index (κ2) is 6.80. The van der Waals surface area contributed by atoms with Crippen LogP contribution in [0.3, 0.4) is 0 Å². The number of methoxy groups -OCH3 is 2. The molecule has 0 amide bonds. The molecule has 4 aliphatic carbocycles. The fourth-order valence-electron chi connectivity index (χ4n) is 5.78. The van der Waals surface area contributed by atoms with Gasteiger partial charge in [-0.3, -0.25) is 9.59 Å². The number of Topliss-reactive ketones (excluding diaryl/α,β-unsaturated/α-hetero) is 1. The first kappa shape index (κ1) is 18.8. The quantitative estimate of drug-likeness (QED) is 0.380. The van der Waals surface area contributed by atoms with Crippen LogP contribution in [0.5, 0.6) is 11.5 Å². The van der Waals surface area contributed by atoms with Gasteiger partial charge in [0.05, 0.1) is 25.2 Å². The van der Waals surface area contributed by atoms with Crippen molar-refractivity contribution in [1.29, 1.82) is 0 Å². The molecule has 0 saturated heterocycles. The molecular weight excluding hydrogens is 412 g/mol. The molecule has 27 heavy (non-hydrogen) atoms. The fourth-order valence-corrected chi connectivity index (χ4v) is 7.23. The molecule has 1 aromatic rings. The number of benzene rings is 1. The van der Waals surface area contributed by atoms with Gasteiger partial charge < -0.3 is 14.2 Å². The number of esters is 1. The summed E-state index contributed by atoms with van der Waals surface area (Å²) in [6.07, 6.45) is 6.16. The predicted octanol–water partition coefficient (Wildman–Crippen LogP) is 4.16. The molecule has 5 nitrogen and oxygen atoms in total. The van der Waals surface area contributed by atoms with Crippen LogP contribution >= 0.6 is 15.9 Å². The lowest BCUT2D eigenvalue weighted by molar-refractivity contribution is -0.168. The van der Waals surface area contributed by atoms with Gasteiger partial charge in [-0.2, -0.15) is 0 Å². The Bertz CT molecular complexity index is 760. The van der Waals surface area contributed by atoms with Crippen LogP contribution in [0.4, 0.5) is 0 Å². The van der Waals surface area contributed by atoms with Crippen molar-refractivity contribution in [3.05, 3.63) is 23.8 Å². The number of alkyl halides is 1. The number of carbonyl (C=O) groups is 2. The van der Waals surface area contributed by atoms with Crippen LogP contribution in [0, 0.1) is 17.3 Å². The summed E-state index contributed by atoms with van der Waals surface area (Å²) >= 11 is 3.91. The second-order valence-electron chi connectivity index (χ2n) is 8.46. The molecule has 5 rings (SSSR count). The predicted molar refractivity (Wildman–Crippen MR) is 104 cm³/mol. The van der Waals surface area contributed by atoms with Crippen molar-refractivity contribution >= 4 is 27.7 Å². The Hall–Kier alpha value is -1.56. The molecule has 2 unspecified atom stereocenters. The van der Waals surface area contributed by atoms with Gasteiger partial charge in [-0.05, 0) is 62.5 Å². The highest BCUT2D eigenvalue weighted by Gasteiger charge is 2.60. The van der Waals surface area contributed by atoms with E-state index in [-0.39, 0.29) is 22.7 Å². The lowest BCUT2D eigenvalue weighted by atomic mass is 9.49. The Labute approximate surface area is 167 Å². The SMILES string of the molecule is COc1ccc(C(=O)COC(=O)C23CC4CC(CC(Br)(C4)C2)C3)c(OC)c1. The maximum Gasteiger partial charge on any atom is 0.312 e. The summed E-state index contributed by atoms with van der Waals surface area (Å²) in [6.45, 7) is -0.256. The van der Waals surface area contributed by atoms with E-state index in [1.54, 1.807) is 25.3 Å². The average Bonchev–Trinajstić information content (AvgIpc) is 2.63.